The van der Waals surface area contributed by atoms with Crippen LogP contribution < -0.4 is 5.14 Å². The van der Waals surface area contributed by atoms with Crippen molar-refractivity contribution in [3.8, 4) is 46.0 Å². The number of nitrogens with two attached hydrogens (primary N) is 1. The first-order valence-corrected chi connectivity index (χ1v) is 13.2. The summed E-state index contributed by atoms with van der Waals surface area (Å²) in [5.41, 5.74) is 3.29. The van der Waals surface area contributed by atoms with Crippen molar-refractivity contribution in [1.29, 1.82) is 10.5 Å². The molecule has 0 bridgehead atoms. The summed E-state index contributed by atoms with van der Waals surface area (Å²) in [5, 5.41) is 35.2. The van der Waals surface area contributed by atoms with Gasteiger partial charge in [0.05, 0.1) is 27.4 Å². The van der Waals surface area contributed by atoms with Crippen LogP contribution in [0, 0.1) is 22.7 Å². The number of primary sulfonamides is 1. The van der Waals surface area contributed by atoms with E-state index in [-0.39, 0.29) is 21.7 Å². The summed E-state index contributed by atoms with van der Waals surface area (Å²) in [7, 11) is -4.07. The Morgan fingerprint density at radius 1 is 0.711 bits per heavy atom. The van der Waals surface area contributed by atoms with Gasteiger partial charge < -0.3 is 0 Å². The van der Waals surface area contributed by atoms with E-state index in [4.69, 9.17) is 28.3 Å². The number of halogens is 2. The van der Waals surface area contributed by atoms with Crippen LogP contribution in [0.1, 0.15) is 11.1 Å². The van der Waals surface area contributed by atoms with Crippen LogP contribution in [-0.4, -0.2) is 28.0 Å². The van der Waals surface area contributed by atoms with Crippen molar-refractivity contribution < 1.29 is 8.42 Å². The first-order chi connectivity index (χ1) is 18.2. The molecule has 9 nitrogen and oxygen atoms in total. The van der Waals surface area contributed by atoms with E-state index in [0.717, 1.165) is 0 Å². The number of nitrogens with zero attached hydrogens (tertiary/aromatic N) is 6. The summed E-state index contributed by atoms with van der Waals surface area (Å²) in [4.78, 5) is -0.163. The van der Waals surface area contributed by atoms with Gasteiger partial charge in [-0.3, -0.25) is 0 Å². The molecule has 38 heavy (non-hydrogen) atoms. The minimum atomic E-state index is -4.07. The topological polar surface area (TPSA) is 143 Å². The quantitative estimate of drug-likeness (QED) is 0.317. The van der Waals surface area contributed by atoms with Crippen LogP contribution in [0.2, 0.25) is 10.0 Å². The van der Waals surface area contributed by atoms with E-state index in [1.54, 1.807) is 48.5 Å². The lowest BCUT2D eigenvalue weighted by Gasteiger charge is -2.11. The van der Waals surface area contributed by atoms with Gasteiger partial charge in [-0.15, -0.1) is 0 Å². The van der Waals surface area contributed by atoms with Crippen LogP contribution in [0.3, 0.4) is 0 Å². The van der Waals surface area contributed by atoms with Gasteiger partial charge in [-0.2, -0.15) is 20.7 Å². The fourth-order valence-electron chi connectivity index (χ4n) is 3.86. The maximum Gasteiger partial charge on any atom is 0.238 e. The molecule has 0 unspecified atom stereocenters. The predicted octanol–water partition coefficient (Wildman–Crippen LogP) is 5.09. The molecule has 2 aromatic heterocycles. The Kier molecular flexibility index (Phi) is 6.49. The smallest absolute Gasteiger partial charge is 0.237 e. The van der Waals surface area contributed by atoms with E-state index >= 15 is 0 Å². The standard InChI is InChI=1S/C26H15Cl2N7O2S/c27-20-5-1-16(2-6-20)25-18(12-29)14-34(32-25)23-10-9-22(38(31,36)37)11-24(23)35-15-19(13-30)26(33-35)17-3-7-21(28)8-4-17/h1-11,14-15H,(H2,31,36,37). The predicted molar refractivity (Wildman–Crippen MR) is 142 cm³/mol. The monoisotopic (exact) mass is 559 g/mol. The zero-order chi connectivity index (χ0) is 27.0. The van der Waals surface area contributed by atoms with E-state index in [2.05, 4.69) is 22.3 Å². The first-order valence-electron chi connectivity index (χ1n) is 10.9. The first kappa shape index (κ1) is 25.2. The molecule has 0 saturated carbocycles. The van der Waals surface area contributed by atoms with Gasteiger partial charge in [0.1, 0.15) is 23.5 Å². The van der Waals surface area contributed by atoms with Gasteiger partial charge in [0, 0.05) is 33.6 Å². The molecule has 0 amide bonds. The Morgan fingerprint density at radius 2 is 1.16 bits per heavy atom. The van der Waals surface area contributed by atoms with Gasteiger partial charge in [-0.05, 0) is 42.5 Å². The van der Waals surface area contributed by atoms with Crippen molar-refractivity contribution in [3.05, 3.63) is 100 Å². The molecule has 12 heteroatoms. The summed E-state index contributed by atoms with van der Waals surface area (Å²) >= 11 is 12.0. The van der Waals surface area contributed by atoms with E-state index in [1.165, 1.54) is 40.0 Å². The van der Waals surface area contributed by atoms with E-state index < -0.39 is 10.0 Å². The van der Waals surface area contributed by atoms with Crippen molar-refractivity contribution >= 4 is 33.2 Å². The number of aromatic nitrogens is 4. The molecule has 2 N–H and O–H groups in total. The Bertz CT molecular complexity index is 1880. The third-order valence-corrected chi connectivity index (χ3v) is 7.09. The van der Waals surface area contributed by atoms with Gasteiger partial charge in [0.2, 0.25) is 10.0 Å². The van der Waals surface area contributed by atoms with Crippen molar-refractivity contribution in [1.82, 2.24) is 19.6 Å². The fourth-order valence-corrected chi connectivity index (χ4v) is 4.64. The highest BCUT2D eigenvalue weighted by Gasteiger charge is 2.20. The Hall–Kier alpha value is -4.45. The van der Waals surface area contributed by atoms with Gasteiger partial charge in [-0.25, -0.2) is 22.9 Å². The lowest BCUT2D eigenvalue weighted by Crippen LogP contribution is -2.14. The SMILES string of the molecule is N#Cc1cn(-c2ccc(S(N)(=O)=O)cc2-n2cc(C#N)c(-c3ccc(Cl)cc3)n2)nc1-c1ccc(Cl)cc1. The molecule has 0 atom stereocenters. The molecule has 186 valence electrons. The molecule has 0 spiro atoms. The van der Waals surface area contributed by atoms with Crippen LogP contribution >= 0.6 is 23.2 Å². The minimum absolute atomic E-state index is 0.163. The number of nitriles is 2. The number of sulfonamides is 1. The highest BCUT2D eigenvalue weighted by Crippen LogP contribution is 2.30. The van der Waals surface area contributed by atoms with E-state index in [0.29, 0.717) is 38.2 Å². The molecule has 5 rings (SSSR count). The molecular weight excluding hydrogens is 545 g/mol. The summed E-state index contributed by atoms with van der Waals surface area (Å²) in [6.45, 7) is 0. The average Bonchev–Trinajstić information content (AvgIpc) is 3.53. The second kappa shape index (κ2) is 9.78. The largest absolute Gasteiger partial charge is 0.238 e. The number of benzene rings is 3. The van der Waals surface area contributed by atoms with Gasteiger partial charge in [0.15, 0.2) is 0 Å². The number of hydrogen-bond acceptors (Lipinski definition) is 6. The van der Waals surface area contributed by atoms with E-state index in [9.17, 15) is 18.9 Å². The van der Waals surface area contributed by atoms with Gasteiger partial charge in [-0.1, -0.05) is 47.5 Å². The average molecular weight is 560 g/mol. The highest BCUT2D eigenvalue weighted by atomic mass is 35.5. The third kappa shape index (κ3) is 4.77. The Morgan fingerprint density at radius 3 is 1.58 bits per heavy atom. The lowest BCUT2D eigenvalue weighted by molar-refractivity contribution is 0.597. The molecule has 0 fully saturated rings. The van der Waals surface area contributed by atoms with Crippen LogP contribution in [0.15, 0.2) is 84.0 Å². The normalized spacial score (nSPS) is 11.2. The van der Waals surface area contributed by atoms with Crippen LogP contribution in [0.4, 0.5) is 0 Å². The Labute approximate surface area is 227 Å². The lowest BCUT2D eigenvalue weighted by atomic mass is 10.1. The van der Waals surface area contributed by atoms with Crippen molar-refractivity contribution in [2.45, 2.75) is 4.90 Å². The number of hydrogen-bond donors (Lipinski definition) is 1. The molecule has 2 heterocycles. The molecule has 5 aromatic rings. The van der Waals surface area contributed by atoms with Crippen molar-refractivity contribution in [2.75, 3.05) is 0 Å². The summed E-state index contributed by atoms with van der Waals surface area (Å²) in [5.74, 6) is 0. The zero-order valence-corrected chi connectivity index (χ0v) is 21.6. The van der Waals surface area contributed by atoms with E-state index in [1.807, 2.05) is 0 Å². The molecule has 0 aliphatic carbocycles. The summed E-state index contributed by atoms with van der Waals surface area (Å²) < 4.78 is 27.2. The molecule has 0 aliphatic rings. The summed E-state index contributed by atoms with van der Waals surface area (Å²) in [6.07, 6.45) is 3.00. The number of rotatable bonds is 5. The van der Waals surface area contributed by atoms with Crippen molar-refractivity contribution in [2.24, 2.45) is 5.14 Å². The minimum Gasteiger partial charge on any atom is -0.237 e. The zero-order valence-electron chi connectivity index (χ0n) is 19.2. The van der Waals surface area contributed by atoms with Crippen LogP contribution in [0.25, 0.3) is 33.9 Å². The fraction of sp³-hybridized carbons (Fsp3) is 0. The van der Waals surface area contributed by atoms with Gasteiger partial charge in [0.25, 0.3) is 0 Å². The van der Waals surface area contributed by atoms with Gasteiger partial charge >= 0.3 is 0 Å². The van der Waals surface area contributed by atoms with Crippen LogP contribution in [0.5, 0.6) is 0 Å². The molecule has 0 aliphatic heterocycles. The maximum absolute atomic E-state index is 12.2. The summed E-state index contributed by atoms with van der Waals surface area (Å²) in [6, 6.07) is 22.1. The maximum atomic E-state index is 12.2. The van der Waals surface area contributed by atoms with Crippen molar-refractivity contribution in [3.63, 3.8) is 0 Å². The second-order valence-corrected chi connectivity index (χ2v) is 10.5. The van der Waals surface area contributed by atoms with Crippen LogP contribution in [-0.2, 0) is 10.0 Å². The molecule has 0 radical (unpaired) electrons. The molecule has 3 aromatic carbocycles. The second-order valence-electron chi connectivity index (χ2n) is 8.10. The highest BCUT2D eigenvalue weighted by molar-refractivity contribution is 7.89. The molecular formula is C26H15Cl2N7O2S. The molecule has 0 saturated heterocycles. The Balaban J connectivity index is 1.72. The third-order valence-electron chi connectivity index (χ3n) is 5.67.